The maximum Gasteiger partial charge on any atom is 0.148 e. The number of rotatable bonds is 11. The Morgan fingerprint density at radius 1 is 1.05 bits per heavy atom. The minimum atomic E-state index is -2.99. The van der Waals surface area contributed by atoms with E-state index in [9.17, 15) is 8.42 Å². The average molecular weight is 594 g/mol. The molecular weight excluding hydrogens is 566 g/mol. The van der Waals surface area contributed by atoms with E-state index in [1.54, 1.807) is 0 Å². The number of aryl methyl sites for hydroxylation is 1. The molecule has 0 unspecified atom stereocenters. The molecule has 0 aliphatic carbocycles. The van der Waals surface area contributed by atoms with Crippen LogP contribution >= 0.6 is 22.9 Å². The van der Waals surface area contributed by atoms with E-state index in [-0.39, 0.29) is 5.75 Å². The van der Waals surface area contributed by atoms with Crippen LogP contribution in [-0.4, -0.2) is 41.9 Å². The number of thiazole rings is 1. The first-order valence-electron chi connectivity index (χ1n) is 12.6. The molecule has 8 nitrogen and oxygen atoms in total. The van der Waals surface area contributed by atoms with E-state index < -0.39 is 9.84 Å². The van der Waals surface area contributed by atoms with Crippen molar-refractivity contribution in [3.8, 4) is 17.0 Å². The lowest BCUT2D eigenvalue weighted by atomic mass is 10.1. The molecule has 0 atom stereocenters. The molecule has 0 saturated carbocycles. The highest BCUT2D eigenvalue weighted by Crippen LogP contribution is 2.32. The van der Waals surface area contributed by atoms with Crippen molar-refractivity contribution in [2.75, 3.05) is 23.9 Å². The Bertz CT molecular complexity index is 1760. The second-order valence-corrected chi connectivity index (χ2v) is 13.0. The zero-order valence-electron chi connectivity index (χ0n) is 22.0. The van der Waals surface area contributed by atoms with E-state index in [0.717, 1.165) is 38.4 Å². The lowest BCUT2D eigenvalue weighted by Crippen LogP contribution is -2.21. The number of benzene rings is 3. The lowest BCUT2D eigenvalue weighted by molar-refractivity contribution is 0.306. The van der Waals surface area contributed by atoms with Crippen molar-refractivity contribution >= 4 is 55.2 Å². The van der Waals surface area contributed by atoms with Gasteiger partial charge in [-0.2, -0.15) is 0 Å². The number of nitrogens with one attached hydrogen (secondary N) is 2. The molecular formula is C29H28ClN5O3S2. The first-order chi connectivity index (χ1) is 19.2. The second-order valence-electron chi connectivity index (χ2n) is 9.44. The van der Waals surface area contributed by atoms with E-state index in [1.807, 2.05) is 53.9 Å². The standard InChI is InChI=1S/C29H28ClN5O3S2/c1-19-4-3-5-20(12-19)16-38-27-9-7-22(14-24(27)30)34-29-23-13-21(6-8-25(23)32-18-33-29)26-17-39-28(35-26)15-31-10-11-40(2,36)37/h3-9,12-14,17-18,31H,10-11,15-16H2,1-2H3,(H,32,33,34). The fourth-order valence-electron chi connectivity index (χ4n) is 4.09. The highest BCUT2D eigenvalue weighted by atomic mass is 35.5. The molecule has 5 aromatic rings. The van der Waals surface area contributed by atoms with E-state index in [2.05, 4.69) is 39.7 Å². The van der Waals surface area contributed by atoms with Gasteiger partial charge in [-0.3, -0.25) is 0 Å². The average Bonchev–Trinajstić information content (AvgIpc) is 3.39. The first-order valence-corrected chi connectivity index (χ1v) is 15.9. The van der Waals surface area contributed by atoms with Crippen LogP contribution in [0.4, 0.5) is 11.5 Å². The fourth-order valence-corrected chi connectivity index (χ4v) is 5.61. The molecule has 206 valence electrons. The Balaban J connectivity index is 1.29. The van der Waals surface area contributed by atoms with E-state index in [1.165, 1.54) is 29.5 Å². The number of nitrogens with zero attached hydrogens (tertiary/aromatic N) is 3. The lowest BCUT2D eigenvalue weighted by Gasteiger charge is -2.12. The van der Waals surface area contributed by atoms with Gasteiger partial charge in [0.2, 0.25) is 0 Å². The molecule has 0 aliphatic heterocycles. The van der Waals surface area contributed by atoms with Crippen LogP contribution in [0.25, 0.3) is 22.2 Å². The number of aromatic nitrogens is 3. The van der Waals surface area contributed by atoms with Crippen molar-refractivity contribution in [3.05, 3.63) is 93.5 Å². The van der Waals surface area contributed by atoms with Crippen molar-refractivity contribution in [1.29, 1.82) is 0 Å². The van der Waals surface area contributed by atoms with Crippen molar-refractivity contribution in [2.24, 2.45) is 0 Å². The molecule has 0 amide bonds. The van der Waals surface area contributed by atoms with Crippen molar-refractivity contribution in [1.82, 2.24) is 20.3 Å². The van der Waals surface area contributed by atoms with Gasteiger partial charge < -0.3 is 15.4 Å². The van der Waals surface area contributed by atoms with Crippen LogP contribution < -0.4 is 15.4 Å². The van der Waals surface area contributed by atoms with Gasteiger partial charge in [0.05, 0.1) is 22.0 Å². The third kappa shape index (κ3) is 7.33. The number of halogens is 1. The molecule has 2 heterocycles. The zero-order valence-corrected chi connectivity index (χ0v) is 24.4. The summed E-state index contributed by atoms with van der Waals surface area (Å²) >= 11 is 8.07. The quantitative estimate of drug-likeness (QED) is 0.175. The van der Waals surface area contributed by atoms with Gasteiger partial charge in [-0.05, 0) is 42.8 Å². The molecule has 2 N–H and O–H groups in total. The van der Waals surface area contributed by atoms with E-state index in [0.29, 0.717) is 36.3 Å². The maximum atomic E-state index is 11.3. The van der Waals surface area contributed by atoms with Gasteiger partial charge in [0.15, 0.2) is 0 Å². The molecule has 11 heteroatoms. The molecule has 2 aromatic heterocycles. The number of sulfone groups is 1. The molecule has 0 aliphatic rings. The number of hydrogen-bond acceptors (Lipinski definition) is 9. The maximum absolute atomic E-state index is 11.3. The molecule has 5 rings (SSSR count). The van der Waals surface area contributed by atoms with Gasteiger partial charge in [0.1, 0.15) is 39.3 Å². The summed E-state index contributed by atoms with van der Waals surface area (Å²) < 4.78 is 28.6. The number of ether oxygens (including phenoxy) is 1. The fraction of sp³-hybridized carbons (Fsp3) is 0.207. The topological polar surface area (TPSA) is 106 Å². The highest BCUT2D eigenvalue weighted by molar-refractivity contribution is 7.90. The smallest absolute Gasteiger partial charge is 0.148 e. The summed E-state index contributed by atoms with van der Waals surface area (Å²) in [5.41, 5.74) is 5.59. The zero-order chi connectivity index (χ0) is 28.1. The number of anilines is 2. The molecule has 0 spiro atoms. The van der Waals surface area contributed by atoms with Crippen LogP contribution in [0.3, 0.4) is 0 Å². The minimum Gasteiger partial charge on any atom is -0.487 e. The number of hydrogen-bond donors (Lipinski definition) is 2. The summed E-state index contributed by atoms with van der Waals surface area (Å²) in [6.07, 6.45) is 2.75. The van der Waals surface area contributed by atoms with Crippen LogP contribution in [0.5, 0.6) is 5.75 Å². The molecule has 3 aromatic carbocycles. The summed E-state index contributed by atoms with van der Waals surface area (Å²) in [6.45, 7) is 3.38. The van der Waals surface area contributed by atoms with Gasteiger partial charge >= 0.3 is 0 Å². The summed E-state index contributed by atoms with van der Waals surface area (Å²) in [4.78, 5) is 13.6. The van der Waals surface area contributed by atoms with Crippen LogP contribution in [0.1, 0.15) is 16.1 Å². The van der Waals surface area contributed by atoms with E-state index >= 15 is 0 Å². The Kier molecular flexibility index (Phi) is 8.60. The SMILES string of the molecule is Cc1cccc(COc2ccc(Nc3ncnc4ccc(-c5csc(CNCCS(C)(=O)=O)n5)cc34)cc2Cl)c1. The summed E-state index contributed by atoms with van der Waals surface area (Å²) in [5.74, 6) is 1.35. The predicted molar refractivity (Wildman–Crippen MR) is 162 cm³/mol. The van der Waals surface area contributed by atoms with Crippen LogP contribution in [-0.2, 0) is 23.0 Å². The van der Waals surface area contributed by atoms with Crippen LogP contribution in [0.15, 0.2) is 72.4 Å². The Morgan fingerprint density at radius 3 is 2.73 bits per heavy atom. The molecule has 0 bridgehead atoms. The van der Waals surface area contributed by atoms with Gasteiger partial charge in [0.25, 0.3) is 0 Å². The Hall–Kier alpha value is -3.57. The number of fused-ring (bicyclic) bond motifs is 1. The van der Waals surface area contributed by atoms with Crippen molar-refractivity contribution in [2.45, 2.75) is 20.1 Å². The third-order valence-electron chi connectivity index (χ3n) is 6.08. The minimum absolute atomic E-state index is 0.0973. The predicted octanol–water partition coefficient (Wildman–Crippen LogP) is 6.17. The second kappa shape index (κ2) is 12.3. The largest absolute Gasteiger partial charge is 0.487 e. The van der Waals surface area contributed by atoms with Crippen LogP contribution in [0, 0.1) is 6.92 Å². The first kappa shape index (κ1) is 28.0. The third-order valence-corrected chi connectivity index (χ3v) is 8.17. The summed E-state index contributed by atoms with van der Waals surface area (Å²) in [7, 11) is -2.99. The molecule has 0 fully saturated rings. The van der Waals surface area contributed by atoms with Gasteiger partial charge in [-0.25, -0.2) is 23.4 Å². The van der Waals surface area contributed by atoms with Gasteiger partial charge in [0, 0.05) is 41.4 Å². The van der Waals surface area contributed by atoms with E-state index in [4.69, 9.17) is 21.3 Å². The molecule has 0 radical (unpaired) electrons. The summed E-state index contributed by atoms with van der Waals surface area (Å²) in [6, 6.07) is 19.7. The highest BCUT2D eigenvalue weighted by Gasteiger charge is 2.11. The van der Waals surface area contributed by atoms with Crippen molar-refractivity contribution in [3.63, 3.8) is 0 Å². The van der Waals surface area contributed by atoms with Gasteiger partial charge in [-0.1, -0.05) is 47.5 Å². The van der Waals surface area contributed by atoms with Crippen LogP contribution in [0.2, 0.25) is 5.02 Å². The van der Waals surface area contributed by atoms with Gasteiger partial charge in [-0.15, -0.1) is 11.3 Å². The monoisotopic (exact) mass is 593 g/mol. The normalized spacial score (nSPS) is 11.6. The molecule has 0 saturated heterocycles. The Morgan fingerprint density at radius 2 is 1.93 bits per heavy atom. The van der Waals surface area contributed by atoms with Crippen molar-refractivity contribution < 1.29 is 13.2 Å². The summed E-state index contributed by atoms with van der Waals surface area (Å²) in [5, 5.41) is 10.7. The molecule has 40 heavy (non-hydrogen) atoms. The Labute approximate surface area is 242 Å².